The molecule has 17 heavy (non-hydrogen) atoms. The van der Waals surface area contributed by atoms with Gasteiger partial charge in [-0.2, -0.15) is 5.10 Å². The summed E-state index contributed by atoms with van der Waals surface area (Å²) in [5.41, 5.74) is 1.22. The minimum atomic E-state index is 0.0355. The van der Waals surface area contributed by atoms with Crippen LogP contribution in [-0.4, -0.2) is 34.8 Å². The van der Waals surface area contributed by atoms with Gasteiger partial charge in [0.2, 0.25) is 5.91 Å². The first kappa shape index (κ1) is 12.1. The molecule has 2 N–H and O–H groups in total. The van der Waals surface area contributed by atoms with Crippen LogP contribution in [0.5, 0.6) is 0 Å². The van der Waals surface area contributed by atoms with Crippen molar-refractivity contribution in [1.29, 1.82) is 0 Å². The zero-order valence-electron chi connectivity index (χ0n) is 10.3. The first-order valence-electron chi connectivity index (χ1n) is 6.24. The molecule has 5 nitrogen and oxygen atoms in total. The minimum absolute atomic E-state index is 0.0355. The van der Waals surface area contributed by atoms with Crippen LogP contribution in [0.4, 0.5) is 0 Å². The minimum Gasteiger partial charge on any atom is -0.355 e. The molecule has 0 radical (unpaired) electrons. The van der Waals surface area contributed by atoms with E-state index in [2.05, 4.69) is 15.7 Å². The molecule has 1 atom stereocenters. The van der Waals surface area contributed by atoms with E-state index in [9.17, 15) is 4.79 Å². The Hall–Kier alpha value is -1.36. The van der Waals surface area contributed by atoms with E-state index in [0.29, 0.717) is 0 Å². The molecule has 1 saturated heterocycles. The third-order valence-corrected chi connectivity index (χ3v) is 3.08. The number of rotatable bonds is 5. The molecule has 1 unspecified atom stereocenters. The van der Waals surface area contributed by atoms with Crippen molar-refractivity contribution < 1.29 is 4.79 Å². The first-order valence-corrected chi connectivity index (χ1v) is 6.24. The Morgan fingerprint density at radius 1 is 1.71 bits per heavy atom. The van der Waals surface area contributed by atoms with Crippen molar-refractivity contribution in [3.05, 3.63) is 18.0 Å². The van der Waals surface area contributed by atoms with Crippen LogP contribution in [0.3, 0.4) is 0 Å². The summed E-state index contributed by atoms with van der Waals surface area (Å²) in [7, 11) is 1.91. The van der Waals surface area contributed by atoms with Crippen molar-refractivity contribution in [3.8, 4) is 0 Å². The summed E-state index contributed by atoms with van der Waals surface area (Å²) in [6.07, 6.45) is 7.89. The summed E-state index contributed by atoms with van der Waals surface area (Å²) >= 11 is 0. The average Bonchev–Trinajstić information content (AvgIpc) is 2.95. The van der Waals surface area contributed by atoms with Crippen molar-refractivity contribution >= 4 is 5.91 Å². The molecule has 1 aromatic heterocycles. The monoisotopic (exact) mass is 236 g/mol. The van der Waals surface area contributed by atoms with E-state index in [4.69, 9.17) is 0 Å². The van der Waals surface area contributed by atoms with Crippen molar-refractivity contribution in [2.24, 2.45) is 7.05 Å². The molecule has 94 valence electrons. The number of carbonyl (C=O) groups excluding carboxylic acids is 1. The van der Waals surface area contributed by atoms with E-state index in [1.165, 1.54) is 5.56 Å². The molecule has 2 heterocycles. The Balaban J connectivity index is 1.61. The van der Waals surface area contributed by atoms with Crippen molar-refractivity contribution in [2.75, 3.05) is 13.1 Å². The summed E-state index contributed by atoms with van der Waals surface area (Å²) in [5, 5.41) is 10.3. The second kappa shape index (κ2) is 5.82. The Kier molecular flexibility index (Phi) is 4.14. The van der Waals surface area contributed by atoms with Crippen LogP contribution >= 0.6 is 0 Å². The number of aromatic nitrogens is 2. The smallest absolute Gasteiger partial charge is 0.237 e. The molecule has 1 aromatic rings. The summed E-state index contributed by atoms with van der Waals surface area (Å²) < 4.78 is 1.80. The van der Waals surface area contributed by atoms with Crippen molar-refractivity contribution in [1.82, 2.24) is 20.4 Å². The van der Waals surface area contributed by atoms with Crippen LogP contribution in [0.1, 0.15) is 24.8 Å². The van der Waals surface area contributed by atoms with Crippen LogP contribution in [-0.2, 0) is 18.3 Å². The highest BCUT2D eigenvalue weighted by atomic mass is 16.2. The van der Waals surface area contributed by atoms with Crippen LogP contribution < -0.4 is 10.6 Å². The highest BCUT2D eigenvalue weighted by Crippen LogP contribution is 2.04. The van der Waals surface area contributed by atoms with Crippen LogP contribution in [0, 0.1) is 0 Å². The Morgan fingerprint density at radius 2 is 2.59 bits per heavy atom. The van der Waals surface area contributed by atoms with Gasteiger partial charge in [-0.15, -0.1) is 0 Å². The normalized spacial score (nSPS) is 19.5. The highest BCUT2D eigenvalue weighted by molar-refractivity contribution is 5.81. The lowest BCUT2D eigenvalue weighted by Crippen LogP contribution is -2.40. The zero-order chi connectivity index (χ0) is 12.1. The molecule has 0 bridgehead atoms. The summed E-state index contributed by atoms with van der Waals surface area (Å²) in [5.74, 6) is 0.147. The molecule has 1 aliphatic rings. The Bertz CT molecular complexity index is 368. The van der Waals surface area contributed by atoms with Gasteiger partial charge in [0, 0.05) is 19.8 Å². The van der Waals surface area contributed by atoms with Gasteiger partial charge in [-0.25, -0.2) is 0 Å². The van der Waals surface area contributed by atoms with Gasteiger partial charge in [0.25, 0.3) is 0 Å². The molecular weight excluding hydrogens is 216 g/mol. The molecule has 1 aliphatic heterocycles. The zero-order valence-corrected chi connectivity index (χ0v) is 10.3. The summed E-state index contributed by atoms with van der Waals surface area (Å²) in [4.78, 5) is 11.7. The molecular formula is C12H20N4O. The van der Waals surface area contributed by atoms with Gasteiger partial charge in [0.05, 0.1) is 12.2 Å². The summed E-state index contributed by atoms with van der Waals surface area (Å²) in [6.45, 7) is 1.71. The maximum atomic E-state index is 11.7. The van der Waals surface area contributed by atoms with Gasteiger partial charge in [0.1, 0.15) is 0 Å². The van der Waals surface area contributed by atoms with Gasteiger partial charge < -0.3 is 10.6 Å². The number of hydrogen-bond acceptors (Lipinski definition) is 3. The van der Waals surface area contributed by atoms with Crippen LogP contribution in [0.2, 0.25) is 0 Å². The average molecular weight is 236 g/mol. The van der Waals surface area contributed by atoms with Gasteiger partial charge in [-0.05, 0) is 37.8 Å². The van der Waals surface area contributed by atoms with Crippen molar-refractivity contribution in [3.63, 3.8) is 0 Å². The predicted molar refractivity (Wildman–Crippen MR) is 65.6 cm³/mol. The first-order chi connectivity index (χ1) is 8.25. The predicted octanol–water partition coefficient (Wildman–Crippen LogP) is 0.221. The molecule has 2 rings (SSSR count). The molecule has 5 heteroatoms. The molecule has 1 amide bonds. The second-order valence-corrected chi connectivity index (χ2v) is 4.57. The Morgan fingerprint density at radius 3 is 3.24 bits per heavy atom. The van der Waals surface area contributed by atoms with Gasteiger partial charge in [-0.1, -0.05) is 0 Å². The van der Waals surface area contributed by atoms with Crippen molar-refractivity contribution in [2.45, 2.75) is 31.7 Å². The van der Waals surface area contributed by atoms with Gasteiger partial charge >= 0.3 is 0 Å². The molecule has 0 spiro atoms. The fourth-order valence-corrected chi connectivity index (χ4v) is 2.14. The largest absolute Gasteiger partial charge is 0.355 e. The molecule has 0 aliphatic carbocycles. The van der Waals surface area contributed by atoms with Crippen LogP contribution in [0.25, 0.3) is 0 Å². The highest BCUT2D eigenvalue weighted by Gasteiger charge is 2.20. The third kappa shape index (κ3) is 3.56. The number of nitrogens with one attached hydrogen (secondary N) is 2. The fraction of sp³-hybridized carbons (Fsp3) is 0.667. The maximum absolute atomic E-state index is 11.7. The SMILES string of the molecule is Cn1cc(CCCNC(=O)C2CCCN2)cn1. The Labute approximate surface area is 102 Å². The molecule has 1 fully saturated rings. The molecule has 0 aromatic carbocycles. The van der Waals surface area contributed by atoms with E-state index >= 15 is 0 Å². The van der Waals surface area contributed by atoms with E-state index in [0.717, 1.165) is 38.8 Å². The number of amides is 1. The quantitative estimate of drug-likeness (QED) is 0.719. The topological polar surface area (TPSA) is 59.0 Å². The van der Waals surface area contributed by atoms with Crippen LogP contribution in [0.15, 0.2) is 12.4 Å². The van der Waals surface area contributed by atoms with E-state index < -0.39 is 0 Å². The van der Waals surface area contributed by atoms with Gasteiger partial charge in [-0.3, -0.25) is 9.48 Å². The van der Waals surface area contributed by atoms with E-state index in [-0.39, 0.29) is 11.9 Å². The lowest BCUT2D eigenvalue weighted by Gasteiger charge is -2.10. The van der Waals surface area contributed by atoms with E-state index in [1.54, 1.807) is 4.68 Å². The number of hydrogen-bond donors (Lipinski definition) is 2. The number of nitrogens with zero attached hydrogens (tertiary/aromatic N) is 2. The fourth-order valence-electron chi connectivity index (χ4n) is 2.14. The number of carbonyl (C=O) groups is 1. The second-order valence-electron chi connectivity index (χ2n) is 4.57. The maximum Gasteiger partial charge on any atom is 0.237 e. The van der Waals surface area contributed by atoms with E-state index in [1.807, 2.05) is 19.4 Å². The third-order valence-electron chi connectivity index (χ3n) is 3.08. The lowest BCUT2D eigenvalue weighted by atomic mass is 10.2. The summed E-state index contributed by atoms with van der Waals surface area (Å²) in [6, 6.07) is 0.0355. The van der Waals surface area contributed by atoms with Gasteiger partial charge in [0.15, 0.2) is 0 Å². The lowest BCUT2D eigenvalue weighted by molar-refractivity contribution is -0.122. The standard InChI is InChI=1S/C12H20N4O/c1-16-9-10(8-15-16)4-2-7-14-12(17)11-5-3-6-13-11/h8-9,11,13H,2-7H2,1H3,(H,14,17). The number of aryl methyl sites for hydroxylation is 2. The molecule has 0 saturated carbocycles.